The molecule has 0 fully saturated rings. The molecule has 0 atom stereocenters. The van der Waals surface area contributed by atoms with E-state index in [0.29, 0.717) is 11.4 Å². The van der Waals surface area contributed by atoms with Crippen LogP contribution in [0.1, 0.15) is 23.0 Å². The molecular weight excluding hydrogens is 180 g/mol. The first-order valence-corrected chi connectivity index (χ1v) is 4.00. The van der Waals surface area contributed by atoms with Gasteiger partial charge in [0.2, 0.25) is 0 Å². The minimum absolute atomic E-state index is 0.202. The molecule has 0 radical (unpaired) electrons. The number of nitrogens with zero attached hydrogens (tertiary/aromatic N) is 2. The van der Waals surface area contributed by atoms with Crippen molar-refractivity contribution in [3.05, 3.63) is 42.4 Å². The van der Waals surface area contributed by atoms with E-state index in [9.17, 15) is 4.79 Å². The van der Waals surface area contributed by atoms with E-state index in [1.807, 2.05) is 0 Å². The Morgan fingerprint density at radius 3 is 3.00 bits per heavy atom. The third-order valence-corrected chi connectivity index (χ3v) is 1.66. The summed E-state index contributed by atoms with van der Waals surface area (Å²) in [5.74, 6) is -0.972. The fourth-order valence-corrected chi connectivity index (χ4v) is 0.964. The van der Waals surface area contributed by atoms with Gasteiger partial charge in [-0.05, 0) is 19.1 Å². The quantitative estimate of drug-likeness (QED) is 0.738. The van der Waals surface area contributed by atoms with E-state index in [4.69, 9.17) is 5.11 Å². The molecule has 0 bridgehead atoms. The molecule has 0 aliphatic rings. The Labute approximate surface area is 81.6 Å². The highest BCUT2D eigenvalue weighted by Gasteiger charge is 2.05. The first kappa shape index (κ1) is 10.1. The van der Waals surface area contributed by atoms with Crippen LogP contribution in [-0.4, -0.2) is 21.8 Å². The first-order chi connectivity index (χ1) is 6.65. The molecular formula is C10H10N2O2. The molecule has 1 heterocycles. The Morgan fingerprint density at radius 1 is 1.71 bits per heavy atom. The minimum Gasteiger partial charge on any atom is -0.478 e. The van der Waals surface area contributed by atoms with Crippen LogP contribution in [0.25, 0.3) is 0 Å². The molecule has 1 aromatic heterocycles. The topological polar surface area (TPSA) is 62.5 Å². The van der Waals surface area contributed by atoms with Gasteiger partial charge < -0.3 is 5.11 Å². The highest BCUT2D eigenvalue weighted by molar-refractivity contribution is 5.99. The Hall–Kier alpha value is -1.97. The van der Waals surface area contributed by atoms with Gasteiger partial charge in [0.05, 0.1) is 17.0 Å². The van der Waals surface area contributed by atoms with Gasteiger partial charge in [-0.25, -0.2) is 4.79 Å². The van der Waals surface area contributed by atoms with Crippen molar-refractivity contribution >= 4 is 11.7 Å². The molecule has 1 rings (SSSR count). The molecule has 0 saturated carbocycles. The largest absolute Gasteiger partial charge is 0.478 e. The molecule has 4 nitrogen and oxygen atoms in total. The van der Waals surface area contributed by atoms with Crippen LogP contribution in [0.3, 0.4) is 0 Å². The zero-order valence-electron chi connectivity index (χ0n) is 7.77. The average Bonchev–Trinajstić information content (AvgIpc) is 2.18. The number of aromatic nitrogens is 1. The van der Waals surface area contributed by atoms with Crippen LogP contribution < -0.4 is 0 Å². The maximum absolute atomic E-state index is 10.6. The normalized spacial score (nSPS) is 11.1. The van der Waals surface area contributed by atoms with Gasteiger partial charge in [0.15, 0.2) is 0 Å². The summed E-state index contributed by atoms with van der Waals surface area (Å²) < 4.78 is 0. The molecule has 0 aliphatic carbocycles. The Morgan fingerprint density at radius 2 is 2.43 bits per heavy atom. The molecule has 4 heteroatoms. The van der Waals surface area contributed by atoms with Crippen LogP contribution in [0, 0.1) is 0 Å². The molecule has 14 heavy (non-hydrogen) atoms. The molecule has 0 saturated heterocycles. The number of carbonyl (C=O) groups is 1. The Bertz CT molecular complexity index is 397. The van der Waals surface area contributed by atoms with Crippen molar-refractivity contribution in [2.75, 3.05) is 0 Å². The fourth-order valence-electron chi connectivity index (χ4n) is 0.964. The number of hydrogen-bond donors (Lipinski definition) is 1. The fraction of sp³-hybridized carbons (Fsp3) is 0.100. The lowest BCUT2D eigenvalue weighted by molar-refractivity contribution is 0.0696. The standard InChI is InChI=1S/C10H10N2O2/c1-3-11-7(2)9-6-8(10(13)14)4-5-12-9/h3-6H,1H2,2H3,(H,13,14). The Kier molecular flexibility index (Phi) is 3.12. The number of carboxylic acid groups (broad SMARTS) is 1. The highest BCUT2D eigenvalue weighted by atomic mass is 16.4. The van der Waals surface area contributed by atoms with E-state index in [2.05, 4.69) is 16.6 Å². The summed E-state index contributed by atoms with van der Waals surface area (Å²) in [6, 6.07) is 2.91. The van der Waals surface area contributed by atoms with Gasteiger partial charge in [-0.1, -0.05) is 6.58 Å². The first-order valence-electron chi connectivity index (χ1n) is 4.00. The summed E-state index contributed by atoms with van der Waals surface area (Å²) in [6.45, 7) is 5.20. The molecule has 0 amide bonds. The highest BCUT2D eigenvalue weighted by Crippen LogP contribution is 2.03. The van der Waals surface area contributed by atoms with Crippen LogP contribution in [-0.2, 0) is 0 Å². The third-order valence-electron chi connectivity index (χ3n) is 1.66. The third kappa shape index (κ3) is 2.26. The summed E-state index contributed by atoms with van der Waals surface area (Å²) in [6.07, 6.45) is 2.84. The molecule has 0 spiro atoms. The molecule has 1 aromatic rings. The lowest BCUT2D eigenvalue weighted by atomic mass is 10.2. The number of aromatic carboxylic acids is 1. The molecule has 1 N–H and O–H groups in total. The van der Waals surface area contributed by atoms with E-state index in [-0.39, 0.29) is 5.56 Å². The van der Waals surface area contributed by atoms with Crippen molar-refractivity contribution in [1.82, 2.24) is 4.98 Å². The van der Waals surface area contributed by atoms with Gasteiger partial charge in [-0.2, -0.15) is 0 Å². The smallest absolute Gasteiger partial charge is 0.335 e. The van der Waals surface area contributed by atoms with Crippen LogP contribution in [0.4, 0.5) is 0 Å². The van der Waals surface area contributed by atoms with E-state index in [1.165, 1.54) is 24.5 Å². The van der Waals surface area contributed by atoms with Crippen molar-refractivity contribution in [2.24, 2.45) is 4.99 Å². The number of aliphatic imine (C=N–C) groups is 1. The second kappa shape index (κ2) is 4.32. The van der Waals surface area contributed by atoms with Crippen LogP contribution in [0.2, 0.25) is 0 Å². The predicted molar refractivity (Wildman–Crippen MR) is 53.6 cm³/mol. The summed E-state index contributed by atoms with van der Waals surface area (Å²) in [5, 5.41) is 8.73. The molecule has 0 aliphatic heterocycles. The number of pyridine rings is 1. The van der Waals surface area contributed by atoms with E-state index in [0.717, 1.165) is 0 Å². The lowest BCUT2D eigenvalue weighted by Gasteiger charge is -1.99. The van der Waals surface area contributed by atoms with Crippen LogP contribution >= 0.6 is 0 Å². The average molecular weight is 190 g/mol. The van der Waals surface area contributed by atoms with E-state index in [1.54, 1.807) is 6.92 Å². The van der Waals surface area contributed by atoms with Crippen molar-refractivity contribution in [1.29, 1.82) is 0 Å². The summed E-state index contributed by atoms with van der Waals surface area (Å²) in [7, 11) is 0. The molecule has 0 aromatic carbocycles. The maximum atomic E-state index is 10.6. The van der Waals surface area contributed by atoms with Gasteiger partial charge in [-0.15, -0.1) is 0 Å². The van der Waals surface area contributed by atoms with Crippen LogP contribution in [0.5, 0.6) is 0 Å². The van der Waals surface area contributed by atoms with E-state index >= 15 is 0 Å². The number of hydrogen-bond acceptors (Lipinski definition) is 3. The SMILES string of the molecule is C=CN=C(C)c1cc(C(=O)O)ccn1. The monoisotopic (exact) mass is 190 g/mol. The summed E-state index contributed by atoms with van der Waals surface area (Å²) >= 11 is 0. The van der Waals surface area contributed by atoms with Gasteiger partial charge in [0, 0.05) is 12.4 Å². The minimum atomic E-state index is -0.972. The van der Waals surface area contributed by atoms with Gasteiger partial charge in [0.25, 0.3) is 0 Å². The second-order valence-electron chi connectivity index (χ2n) is 2.63. The molecule has 0 unspecified atom stereocenters. The van der Waals surface area contributed by atoms with E-state index < -0.39 is 5.97 Å². The summed E-state index contributed by atoms with van der Waals surface area (Å²) in [4.78, 5) is 18.6. The molecule has 72 valence electrons. The van der Waals surface area contributed by atoms with Gasteiger partial charge in [0.1, 0.15) is 0 Å². The van der Waals surface area contributed by atoms with Crippen molar-refractivity contribution in [3.8, 4) is 0 Å². The zero-order chi connectivity index (χ0) is 10.6. The number of rotatable bonds is 3. The predicted octanol–water partition coefficient (Wildman–Crippen LogP) is 1.73. The Balaban J connectivity index is 3.11. The zero-order valence-corrected chi connectivity index (χ0v) is 7.77. The van der Waals surface area contributed by atoms with Crippen molar-refractivity contribution in [2.45, 2.75) is 6.92 Å². The maximum Gasteiger partial charge on any atom is 0.335 e. The van der Waals surface area contributed by atoms with Crippen molar-refractivity contribution in [3.63, 3.8) is 0 Å². The number of carboxylic acids is 1. The second-order valence-corrected chi connectivity index (χ2v) is 2.63. The van der Waals surface area contributed by atoms with Gasteiger partial charge >= 0.3 is 5.97 Å². The summed E-state index contributed by atoms with van der Waals surface area (Å²) in [5.41, 5.74) is 1.39. The lowest BCUT2D eigenvalue weighted by Crippen LogP contribution is -2.02. The van der Waals surface area contributed by atoms with Crippen molar-refractivity contribution < 1.29 is 9.90 Å². The van der Waals surface area contributed by atoms with Crippen LogP contribution in [0.15, 0.2) is 36.1 Å². The van der Waals surface area contributed by atoms with Gasteiger partial charge in [-0.3, -0.25) is 9.98 Å².